The molecule has 1 rings (SSSR count). The van der Waals surface area contributed by atoms with E-state index >= 15 is 0 Å². The van der Waals surface area contributed by atoms with Crippen LogP contribution in [0.2, 0.25) is 0 Å². The van der Waals surface area contributed by atoms with Crippen LogP contribution in [-0.4, -0.2) is 31.1 Å². The SMILES string of the molecule is COC(=O)C1(CC(=O)OC(C)(C)C)CC1C(F)F. The van der Waals surface area contributed by atoms with Crippen molar-refractivity contribution in [2.75, 3.05) is 7.11 Å². The number of hydrogen-bond acceptors (Lipinski definition) is 4. The first-order chi connectivity index (χ1) is 8.12. The molecule has 1 fully saturated rings. The summed E-state index contributed by atoms with van der Waals surface area (Å²) < 4.78 is 34.8. The Morgan fingerprint density at radius 2 is 1.94 bits per heavy atom. The summed E-state index contributed by atoms with van der Waals surface area (Å²) in [4.78, 5) is 23.2. The van der Waals surface area contributed by atoms with Gasteiger partial charge >= 0.3 is 11.9 Å². The second-order valence-corrected chi connectivity index (χ2v) is 5.56. The monoisotopic (exact) mass is 264 g/mol. The largest absolute Gasteiger partial charge is 0.469 e. The molecule has 0 aromatic rings. The Balaban J connectivity index is 2.72. The van der Waals surface area contributed by atoms with Crippen LogP contribution in [0.3, 0.4) is 0 Å². The number of carbonyl (C=O) groups excluding carboxylic acids is 2. The molecule has 0 N–H and O–H groups in total. The predicted molar refractivity (Wildman–Crippen MR) is 59.0 cm³/mol. The molecule has 0 saturated heterocycles. The minimum Gasteiger partial charge on any atom is -0.469 e. The van der Waals surface area contributed by atoms with Crippen LogP contribution in [0.5, 0.6) is 0 Å². The van der Waals surface area contributed by atoms with Crippen molar-refractivity contribution in [1.29, 1.82) is 0 Å². The number of alkyl halides is 2. The van der Waals surface area contributed by atoms with Crippen molar-refractivity contribution >= 4 is 11.9 Å². The van der Waals surface area contributed by atoms with Crippen molar-refractivity contribution in [2.24, 2.45) is 11.3 Å². The fourth-order valence-electron chi connectivity index (χ4n) is 2.01. The van der Waals surface area contributed by atoms with Gasteiger partial charge in [-0.3, -0.25) is 9.59 Å². The third kappa shape index (κ3) is 3.17. The minimum atomic E-state index is -2.63. The van der Waals surface area contributed by atoms with Gasteiger partial charge in [0.1, 0.15) is 5.60 Å². The Morgan fingerprint density at radius 1 is 1.39 bits per heavy atom. The van der Waals surface area contributed by atoms with Gasteiger partial charge in [0.25, 0.3) is 0 Å². The molecular formula is C12H18F2O4. The van der Waals surface area contributed by atoms with Gasteiger partial charge in [0.15, 0.2) is 0 Å². The average molecular weight is 264 g/mol. The molecule has 0 aliphatic heterocycles. The van der Waals surface area contributed by atoms with Crippen molar-refractivity contribution in [3.05, 3.63) is 0 Å². The summed E-state index contributed by atoms with van der Waals surface area (Å²) in [5.41, 5.74) is -2.10. The number of esters is 2. The number of rotatable bonds is 4. The van der Waals surface area contributed by atoms with Gasteiger partial charge in [-0.15, -0.1) is 0 Å². The smallest absolute Gasteiger partial charge is 0.312 e. The van der Waals surface area contributed by atoms with Gasteiger partial charge in [-0.25, -0.2) is 8.78 Å². The second kappa shape index (κ2) is 4.82. The zero-order chi connectivity index (χ0) is 14.1. The van der Waals surface area contributed by atoms with Gasteiger partial charge in [0.2, 0.25) is 6.43 Å². The standard InChI is InChI=1S/C12H18F2O4/c1-11(2,3)18-8(15)6-12(10(16)17-4)5-7(12)9(13)14/h7,9H,5-6H2,1-4H3. The van der Waals surface area contributed by atoms with E-state index in [1.54, 1.807) is 20.8 Å². The molecule has 1 aliphatic carbocycles. The molecule has 0 aromatic carbocycles. The topological polar surface area (TPSA) is 52.6 Å². The predicted octanol–water partition coefficient (Wildman–Crippen LogP) is 2.16. The zero-order valence-corrected chi connectivity index (χ0v) is 11.0. The lowest BCUT2D eigenvalue weighted by atomic mass is 9.99. The fraction of sp³-hybridized carbons (Fsp3) is 0.833. The molecule has 2 unspecified atom stereocenters. The van der Waals surface area contributed by atoms with E-state index in [-0.39, 0.29) is 12.8 Å². The summed E-state index contributed by atoms with van der Waals surface area (Å²) in [5.74, 6) is -2.54. The van der Waals surface area contributed by atoms with Crippen LogP contribution in [0.15, 0.2) is 0 Å². The fourth-order valence-corrected chi connectivity index (χ4v) is 2.01. The number of hydrogen-bond donors (Lipinski definition) is 0. The Labute approximate surface area is 105 Å². The number of methoxy groups -OCH3 is 1. The van der Waals surface area contributed by atoms with Gasteiger partial charge in [-0.05, 0) is 27.2 Å². The number of ether oxygens (including phenoxy) is 2. The lowest BCUT2D eigenvalue weighted by Crippen LogP contribution is -2.30. The summed E-state index contributed by atoms with van der Waals surface area (Å²) in [6.45, 7) is 5.02. The second-order valence-electron chi connectivity index (χ2n) is 5.56. The van der Waals surface area contributed by atoms with E-state index in [0.717, 1.165) is 7.11 Å². The Hall–Kier alpha value is -1.20. The van der Waals surface area contributed by atoms with E-state index in [9.17, 15) is 18.4 Å². The molecule has 0 heterocycles. The molecule has 1 saturated carbocycles. The lowest BCUT2D eigenvalue weighted by molar-refractivity contribution is -0.163. The maximum absolute atomic E-state index is 12.6. The van der Waals surface area contributed by atoms with Crippen LogP contribution >= 0.6 is 0 Å². The van der Waals surface area contributed by atoms with Crippen molar-refractivity contribution in [2.45, 2.75) is 45.6 Å². The van der Waals surface area contributed by atoms with Crippen molar-refractivity contribution < 1.29 is 27.8 Å². The molecule has 4 nitrogen and oxygen atoms in total. The molecule has 1 aliphatic rings. The first kappa shape index (κ1) is 14.9. The number of carbonyl (C=O) groups is 2. The summed E-state index contributed by atoms with van der Waals surface area (Å²) in [7, 11) is 1.13. The normalized spacial score (nSPS) is 26.9. The Morgan fingerprint density at radius 3 is 2.28 bits per heavy atom. The van der Waals surface area contributed by atoms with E-state index in [1.165, 1.54) is 0 Å². The molecular weight excluding hydrogens is 246 g/mol. The van der Waals surface area contributed by atoms with Gasteiger partial charge in [-0.1, -0.05) is 0 Å². The molecule has 18 heavy (non-hydrogen) atoms. The van der Waals surface area contributed by atoms with Gasteiger partial charge in [-0.2, -0.15) is 0 Å². The molecule has 0 spiro atoms. The summed E-state index contributed by atoms with van der Waals surface area (Å²) in [6, 6.07) is 0. The number of halogens is 2. The quantitative estimate of drug-likeness (QED) is 0.730. The van der Waals surface area contributed by atoms with Crippen molar-refractivity contribution in [3.8, 4) is 0 Å². The summed E-state index contributed by atoms with van der Waals surface area (Å²) in [6.07, 6.45) is -3.02. The van der Waals surface area contributed by atoms with E-state index < -0.39 is 35.3 Å². The summed E-state index contributed by atoms with van der Waals surface area (Å²) in [5, 5.41) is 0. The minimum absolute atomic E-state index is 0.0312. The van der Waals surface area contributed by atoms with Gasteiger partial charge < -0.3 is 9.47 Å². The zero-order valence-electron chi connectivity index (χ0n) is 11.0. The molecule has 0 aromatic heterocycles. The first-order valence-electron chi connectivity index (χ1n) is 5.71. The van der Waals surface area contributed by atoms with Crippen LogP contribution in [0.4, 0.5) is 8.78 Å². The van der Waals surface area contributed by atoms with Crippen LogP contribution in [0.25, 0.3) is 0 Å². The van der Waals surface area contributed by atoms with Gasteiger partial charge in [0.05, 0.1) is 18.9 Å². The van der Waals surface area contributed by atoms with Crippen LogP contribution in [0.1, 0.15) is 33.6 Å². The maximum Gasteiger partial charge on any atom is 0.312 e. The molecule has 2 atom stereocenters. The lowest BCUT2D eigenvalue weighted by Gasteiger charge is -2.21. The molecule has 0 radical (unpaired) electrons. The van der Waals surface area contributed by atoms with Crippen molar-refractivity contribution in [1.82, 2.24) is 0 Å². The summed E-state index contributed by atoms with van der Waals surface area (Å²) >= 11 is 0. The first-order valence-corrected chi connectivity index (χ1v) is 5.71. The third-order valence-corrected chi connectivity index (χ3v) is 2.91. The van der Waals surface area contributed by atoms with E-state index in [4.69, 9.17) is 4.74 Å². The Kier molecular flexibility index (Phi) is 3.98. The molecule has 0 amide bonds. The van der Waals surface area contributed by atoms with Crippen molar-refractivity contribution in [3.63, 3.8) is 0 Å². The van der Waals surface area contributed by atoms with Crippen LogP contribution in [-0.2, 0) is 19.1 Å². The highest BCUT2D eigenvalue weighted by Gasteiger charge is 2.66. The highest BCUT2D eigenvalue weighted by Crippen LogP contribution is 2.59. The van der Waals surface area contributed by atoms with Gasteiger partial charge in [0, 0.05) is 5.92 Å². The molecule has 6 heteroatoms. The highest BCUT2D eigenvalue weighted by atomic mass is 19.3. The maximum atomic E-state index is 12.6. The third-order valence-electron chi connectivity index (χ3n) is 2.91. The average Bonchev–Trinajstić information content (AvgIpc) is 2.89. The van der Waals surface area contributed by atoms with Crippen LogP contribution < -0.4 is 0 Å². The molecule has 104 valence electrons. The van der Waals surface area contributed by atoms with E-state index in [0.29, 0.717) is 0 Å². The Bertz CT molecular complexity index is 348. The van der Waals surface area contributed by atoms with E-state index in [2.05, 4.69) is 4.74 Å². The molecule has 0 bridgehead atoms. The highest BCUT2D eigenvalue weighted by molar-refractivity contribution is 5.86. The van der Waals surface area contributed by atoms with Crippen LogP contribution in [0, 0.1) is 11.3 Å². The van der Waals surface area contributed by atoms with E-state index in [1.807, 2.05) is 0 Å².